The van der Waals surface area contributed by atoms with Crippen molar-refractivity contribution >= 4 is 12.3 Å². The largest absolute Gasteiger partial charge is 0.469 e. The lowest BCUT2D eigenvalue weighted by molar-refractivity contribution is -0.140. The summed E-state index contributed by atoms with van der Waals surface area (Å²) >= 11 is 0. The number of carbonyl (C=O) groups excluding carboxylic acids is 2. The minimum Gasteiger partial charge on any atom is -0.469 e. The van der Waals surface area contributed by atoms with E-state index in [0.717, 1.165) is 0 Å². The van der Waals surface area contributed by atoms with Crippen LogP contribution in [0.1, 0.15) is 6.42 Å². The Balaban J connectivity index is 3.59. The summed E-state index contributed by atoms with van der Waals surface area (Å²) in [6.45, 7) is 3.29. The molecule has 3 nitrogen and oxygen atoms in total. The summed E-state index contributed by atoms with van der Waals surface area (Å²) in [5.74, 6) is -0.438. The van der Waals surface area contributed by atoms with Gasteiger partial charge in [0.25, 0.3) is 0 Å². The van der Waals surface area contributed by atoms with E-state index in [1.165, 1.54) is 7.11 Å². The molecule has 0 aliphatic rings. The van der Waals surface area contributed by atoms with Gasteiger partial charge in [-0.15, -0.1) is 0 Å². The molecule has 0 bridgehead atoms. The predicted octanol–water partition coefficient (Wildman–Crippen LogP) is 0.305. The van der Waals surface area contributed by atoms with Crippen LogP contribution in [0, 0.1) is 0 Å². The van der Waals surface area contributed by atoms with Crippen LogP contribution in [-0.2, 0) is 14.3 Å². The van der Waals surface area contributed by atoms with Crippen molar-refractivity contribution in [3.8, 4) is 0 Å². The molecule has 0 unspecified atom stereocenters. The molecule has 0 aromatic carbocycles. The van der Waals surface area contributed by atoms with Crippen LogP contribution in [0.2, 0.25) is 0 Å². The van der Waals surface area contributed by atoms with Gasteiger partial charge in [0.15, 0.2) is 0 Å². The number of methoxy groups -OCH3 is 1. The van der Waals surface area contributed by atoms with Crippen molar-refractivity contribution < 1.29 is 14.3 Å². The second-order valence-electron chi connectivity index (χ2n) is 1.53. The molecule has 0 saturated carbocycles. The van der Waals surface area contributed by atoms with E-state index < -0.39 is 5.97 Å². The summed E-state index contributed by atoms with van der Waals surface area (Å²) in [5.41, 5.74) is 0.238. The minimum absolute atomic E-state index is 0.0139. The fourth-order valence-electron chi connectivity index (χ4n) is 0.299. The van der Waals surface area contributed by atoms with Gasteiger partial charge >= 0.3 is 5.97 Å². The Labute approximate surface area is 53.3 Å². The highest BCUT2D eigenvalue weighted by Gasteiger charge is 2.00. The van der Waals surface area contributed by atoms with Crippen molar-refractivity contribution in [2.45, 2.75) is 6.42 Å². The maximum absolute atomic E-state index is 10.3. The van der Waals surface area contributed by atoms with E-state index in [1.807, 2.05) is 0 Å². The van der Waals surface area contributed by atoms with Gasteiger partial charge in [0.1, 0.15) is 6.29 Å². The number of esters is 1. The molecule has 3 heteroatoms. The van der Waals surface area contributed by atoms with Crippen molar-refractivity contribution in [3.05, 3.63) is 12.2 Å². The number of carbonyl (C=O) groups is 2. The highest BCUT2D eigenvalue weighted by atomic mass is 16.5. The quantitative estimate of drug-likeness (QED) is 0.312. The van der Waals surface area contributed by atoms with Crippen LogP contribution in [0.15, 0.2) is 12.2 Å². The summed E-state index contributed by atoms with van der Waals surface area (Å²) in [5, 5.41) is 0. The molecule has 0 N–H and O–H groups in total. The Morgan fingerprint density at radius 1 is 1.78 bits per heavy atom. The molecule has 0 aromatic heterocycles. The smallest absolute Gasteiger partial charge is 0.310 e. The molecule has 0 aromatic rings. The highest BCUT2D eigenvalue weighted by Crippen LogP contribution is 1.93. The summed E-state index contributed by atoms with van der Waals surface area (Å²) in [4.78, 5) is 20.2. The molecule has 9 heavy (non-hydrogen) atoms. The van der Waals surface area contributed by atoms with E-state index in [9.17, 15) is 9.59 Å². The van der Waals surface area contributed by atoms with Gasteiger partial charge in [-0.25, -0.2) is 0 Å². The molecular weight excluding hydrogens is 120 g/mol. The van der Waals surface area contributed by atoms with E-state index in [1.54, 1.807) is 0 Å². The Morgan fingerprint density at radius 2 is 2.33 bits per heavy atom. The lowest BCUT2D eigenvalue weighted by Gasteiger charge is -1.93. The zero-order valence-electron chi connectivity index (χ0n) is 5.22. The van der Waals surface area contributed by atoms with E-state index in [2.05, 4.69) is 11.3 Å². The third-order valence-corrected chi connectivity index (χ3v) is 0.766. The number of aldehydes is 1. The van der Waals surface area contributed by atoms with Gasteiger partial charge in [-0.1, -0.05) is 6.58 Å². The van der Waals surface area contributed by atoms with Gasteiger partial charge in [0.05, 0.1) is 13.5 Å². The fourth-order valence-corrected chi connectivity index (χ4v) is 0.299. The van der Waals surface area contributed by atoms with Gasteiger partial charge in [-0.2, -0.15) is 0 Å². The van der Waals surface area contributed by atoms with Crippen molar-refractivity contribution in [3.63, 3.8) is 0 Å². The first kappa shape index (κ1) is 7.88. The first-order chi connectivity index (χ1) is 4.20. The molecule has 0 amide bonds. The van der Waals surface area contributed by atoms with Crippen LogP contribution >= 0.6 is 0 Å². The molecule has 0 saturated heterocycles. The van der Waals surface area contributed by atoms with Crippen LogP contribution in [-0.4, -0.2) is 19.4 Å². The lowest BCUT2D eigenvalue weighted by Crippen LogP contribution is -2.01. The highest BCUT2D eigenvalue weighted by molar-refractivity contribution is 5.83. The monoisotopic (exact) mass is 128 g/mol. The standard InChI is InChI=1S/C6H8O3/c1-5(4-7)3-6(8)9-2/h4H,1,3H2,2H3. The molecule has 0 atom stereocenters. The second kappa shape index (κ2) is 3.83. The van der Waals surface area contributed by atoms with E-state index in [4.69, 9.17) is 0 Å². The Kier molecular flexibility index (Phi) is 3.35. The Morgan fingerprint density at radius 3 is 2.67 bits per heavy atom. The molecule has 0 fully saturated rings. The van der Waals surface area contributed by atoms with Crippen LogP contribution < -0.4 is 0 Å². The number of hydrogen-bond acceptors (Lipinski definition) is 3. The van der Waals surface area contributed by atoms with Crippen molar-refractivity contribution in [2.75, 3.05) is 7.11 Å². The van der Waals surface area contributed by atoms with Gasteiger partial charge in [-0.05, 0) is 5.57 Å². The predicted molar refractivity (Wildman–Crippen MR) is 31.8 cm³/mol. The molecule has 0 radical (unpaired) electrons. The summed E-state index contributed by atoms with van der Waals surface area (Å²) in [6.07, 6.45) is 0.525. The summed E-state index contributed by atoms with van der Waals surface area (Å²) in [7, 11) is 1.26. The van der Waals surface area contributed by atoms with E-state index >= 15 is 0 Å². The van der Waals surface area contributed by atoms with Crippen LogP contribution in [0.25, 0.3) is 0 Å². The molecule has 0 heterocycles. The van der Waals surface area contributed by atoms with Crippen LogP contribution in [0.3, 0.4) is 0 Å². The van der Waals surface area contributed by atoms with Gasteiger partial charge in [0.2, 0.25) is 0 Å². The Hall–Kier alpha value is -1.12. The SMILES string of the molecule is C=C(C=O)CC(=O)OC. The molecule has 0 aliphatic heterocycles. The number of hydrogen-bond donors (Lipinski definition) is 0. The summed E-state index contributed by atoms with van der Waals surface area (Å²) in [6, 6.07) is 0. The first-order valence-electron chi connectivity index (χ1n) is 2.40. The maximum atomic E-state index is 10.3. The fraction of sp³-hybridized carbons (Fsp3) is 0.333. The van der Waals surface area contributed by atoms with Crippen molar-refractivity contribution in [1.29, 1.82) is 0 Å². The third-order valence-electron chi connectivity index (χ3n) is 0.766. The average Bonchev–Trinajstić information content (AvgIpc) is 1.87. The van der Waals surface area contributed by atoms with Crippen LogP contribution in [0.4, 0.5) is 0 Å². The number of ether oxygens (including phenoxy) is 1. The second-order valence-corrected chi connectivity index (χ2v) is 1.53. The van der Waals surface area contributed by atoms with Gasteiger partial charge < -0.3 is 4.74 Å². The molecular formula is C6H8O3. The van der Waals surface area contributed by atoms with Crippen LogP contribution in [0.5, 0.6) is 0 Å². The molecule has 50 valence electrons. The lowest BCUT2D eigenvalue weighted by atomic mass is 10.2. The first-order valence-corrected chi connectivity index (χ1v) is 2.40. The van der Waals surface area contributed by atoms with Crippen molar-refractivity contribution in [1.82, 2.24) is 0 Å². The Bertz CT molecular complexity index is 137. The van der Waals surface area contributed by atoms with Crippen molar-refractivity contribution in [2.24, 2.45) is 0 Å². The normalized spacial score (nSPS) is 8.11. The zero-order chi connectivity index (χ0) is 7.28. The topological polar surface area (TPSA) is 43.4 Å². The third kappa shape index (κ3) is 3.46. The minimum atomic E-state index is -0.438. The molecule has 0 rings (SSSR count). The van der Waals surface area contributed by atoms with E-state index in [-0.39, 0.29) is 12.0 Å². The van der Waals surface area contributed by atoms with Gasteiger partial charge in [0, 0.05) is 0 Å². The maximum Gasteiger partial charge on any atom is 0.310 e. The average molecular weight is 128 g/mol. The van der Waals surface area contributed by atoms with Gasteiger partial charge in [-0.3, -0.25) is 9.59 Å². The molecule has 0 aliphatic carbocycles. The number of rotatable bonds is 3. The summed E-state index contributed by atoms with van der Waals surface area (Å²) < 4.78 is 4.26. The van der Waals surface area contributed by atoms with E-state index in [0.29, 0.717) is 6.29 Å². The zero-order valence-corrected chi connectivity index (χ0v) is 5.22. The molecule has 0 spiro atoms.